The van der Waals surface area contributed by atoms with E-state index in [0.717, 1.165) is 34.0 Å². The highest BCUT2D eigenvalue weighted by molar-refractivity contribution is 5.82. The molecule has 1 aliphatic rings. The van der Waals surface area contributed by atoms with Crippen LogP contribution in [0.3, 0.4) is 0 Å². The van der Waals surface area contributed by atoms with Gasteiger partial charge in [0, 0.05) is 23.9 Å². The van der Waals surface area contributed by atoms with Gasteiger partial charge in [0.25, 0.3) is 0 Å². The Morgan fingerprint density at radius 1 is 1.19 bits per heavy atom. The lowest BCUT2D eigenvalue weighted by Crippen LogP contribution is -1.93. The Morgan fingerprint density at radius 2 is 2.05 bits per heavy atom. The number of aromatic amines is 1. The molecule has 2 N–H and O–H groups in total. The molecule has 0 amide bonds. The van der Waals surface area contributed by atoms with Crippen LogP contribution in [-0.4, -0.2) is 23.9 Å². The Bertz CT molecular complexity index is 772. The van der Waals surface area contributed by atoms with Gasteiger partial charge in [-0.3, -0.25) is 0 Å². The first-order valence-corrected chi connectivity index (χ1v) is 6.52. The molecule has 21 heavy (non-hydrogen) atoms. The number of imidazole rings is 1. The highest BCUT2D eigenvalue weighted by Crippen LogP contribution is 2.35. The van der Waals surface area contributed by atoms with Gasteiger partial charge in [0.1, 0.15) is 5.75 Å². The lowest BCUT2D eigenvalue weighted by molar-refractivity contribution is 0.174. The van der Waals surface area contributed by atoms with Gasteiger partial charge in [-0.15, -0.1) is 0 Å². The molecular formula is C15H13N3O3. The minimum absolute atomic E-state index is 0.261. The summed E-state index contributed by atoms with van der Waals surface area (Å²) in [6.45, 7) is 0.261. The van der Waals surface area contributed by atoms with E-state index in [1.807, 2.05) is 36.4 Å². The molecule has 0 saturated heterocycles. The first-order valence-electron chi connectivity index (χ1n) is 6.52. The second kappa shape index (κ2) is 4.59. The smallest absolute Gasteiger partial charge is 0.231 e. The van der Waals surface area contributed by atoms with Crippen molar-refractivity contribution in [3.8, 4) is 17.2 Å². The summed E-state index contributed by atoms with van der Waals surface area (Å²) in [4.78, 5) is 7.71. The normalized spacial score (nSPS) is 12.6. The Hall–Kier alpha value is -2.89. The summed E-state index contributed by atoms with van der Waals surface area (Å²) in [5, 5.41) is 3.21. The molecule has 6 nitrogen and oxygen atoms in total. The van der Waals surface area contributed by atoms with E-state index in [2.05, 4.69) is 15.3 Å². The number of H-pyrrole nitrogens is 1. The predicted molar refractivity (Wildman–Crippen MR) is 78.5 cm³/mol. The number of nitrogens with zero attached hydrogens (tertiary/aromatic N) is 1. The highest BCUT2D eigenvalue weighted by atomic mass is 16.7. The molecule has 0 radical (unpaired) electrons. The van der Waals surface area contributed by atoms with Gasteiger partial charge in [-0.1, -0.05) is 6.07 Å². The van der Waals surface area contributed by atoms with Crippen molar-refractivity contribution < 1.29 is 14.2 Å². The second-order valence-electron chi connectivity index (χ2n) is 4.66. The van der Waals surface area contributed by atoms with Gasteiger partial charge in [0.2, 0.25) is 12.7 Å². The maximum Gasteiger partial charge on any atom is 0.231 e. The zero-order valence-electron chi connectivity index (χ0n) is 11.3. The van der Waals surface area contributed by atoms with Crippen LogP contribution in [0.5, 0.6) is 17.2 Å². The number of fused-ring (bicyclic) bond motifs is 2. The molecule has 1 aromatic heterocycles. The molecule has 1 aliphatic heterocycles. The molecule has 3 aromatic rings. The van der Waals surface area contributed by atoms with E-state index in [9.17, 15) is 0 Å². The molecule has 4 rings (SSSR count). The maximum atomic E-state index is 5.36. The topological polar surface area (TPSA) is 68.4 Å². The van der Waals surface area contributed by atoms with Crippen LogP contribution in [0.15, 0.2) is 36.4 Å². The fraction of sp³-hybridized carbons (Fsp3) is 0.133. The number of ether oxygens (including phenoxy) is 3. The van der Waals surface area contributed by atoms with Crippen LogP contribution in [-0.2, 0) is 0 Å². The molecule has 0 atom stereocenters. The molecule has 2 aromatic carbocycles. The zero-order valence-corrected chi connectivity index (χ0v) is 11.3. The summed E-state index contributed by atoms with van der Waals surface area (Å²) in [5.41, 5.74) is 2.61. The summed E-state index contributed by atoms with van der Waals surface area (Å²) in [6, 6.07) is 11.4. The van der Waals surface area contributed by atoms with Gasteiger partial charge in [-0.05, 0) is 12.1 Å². The van der Waals surface area contributed by atoms with E-state index in [1.165, 1.54) is 0 Å². The van der Waals surface area contributed by atoms with Gasteiger partial charge in [0.05, 0.1) is 18.1 Å². The van der Waals surface area contributed by atoms with Crippen molar-refractivity contribution in [1.29, 1.82) is 0 Å². The van der Waals surface area contributed by atoms with Gasteiger partial charge in [0.15, 0.2) is 11.5 Å². The van der Waals surface area contributed by atoms with Gasteiger partial charge in [-0.2, -0.15) is 0 Å². The fourth-order valence-electron chi connectivity index (χ4n) is 2.30. The first kappa shape index (κ1) is 11.9. The van der Waals surface area contributed by atoms with Crippen molar-refractivity contribution in [3.05, 3.63) is 36.4 Å². The Morgan fingerprint density at radius 3 is 2.90 bits per heavy atom. The summed E-state index contributed by atoms with van der Waals surface area (Å²) in [6.07, 6.45) is 0. The minimum atomic E-state index is 0.261. The van der Waals surface area contributed by atoms with Gasteiger partial charge in [-0.25, -0.2) is 4.98 Å². The molecule has 0 aliphatic carbocycles. The fourth-order valence-corrected chi connectivity index (χ4v) is 2.30. The monoisotopic (exact) mass is 283 g/mol. The molecule has 106 valence electrons. The van der Waals surface area contributed by atoms with Crippen LogP contribution in [0.25, 0.3) is 11.0 Å². The number of methoxy groups -OCH3 is 1. The number of hydrogen-bond acceptors (Lipinski definition) is 5. The van der Waals surface area contributed by atoms with Crippen LogP contribution in [0.4, 0.5) is 11.6 Å². The van der Waals surface area contributed by atoms with Crippen molar-refractivity contribution in [2.75, 3.05) is 19.2 Å². The summed E-state index contributed by atoms with van der Waals surface area (Å²) < 4.78 is 15.9. The standard InChI is InChI=1S/C15H13N3O3/c1-19-10-4-2-3-9(5-10)16-15-17-11-6-13-14(21-8-20-13)7-12(11)18-15/h2-7H,8H2,1H3,(H2,16,17,18). The van der Waals surface area contributed by atoms with Crippen molar-refractivity contribution in [2.24, 2.45) is 0 Å². The van der Waals surface area contributed by atoms with E-state index in [1.54, 1.807) is 7.11 Å². The second-order valence-corrected chi connectivity index (χ2v) is 4.66. The molecule has 0 spiro atoms. The lowest BCUT2D eigenvalue weighted by atomic mass is 10.3. The zero-order chi connectivity index (χ0) is 14.2. The van der Waals surface area contributed by atoms with Crippen molar-refractivity contribution in [3.63, 3.8) is 0 Å². The van der Waals surface area contributed by atoms with Gasteiger partial charge < -0.3 is 24.5 Å². The molecule has 0 saturated carbocycles. The van der Waals surface area contributed by atoms with E-state index >= 15 is 0 Å². The summed E-state index contributed by atoms with van der Waals surface area (Å²) in [5.74, 6) is 2.90. The van der Waals surface area contributed by atoms with E-state index < -0.39 is 0 Å². The quantitative estimate of drug-likeness (QED) is 0.773. The van der Waals surface area contributed by atoms with Crippen molar-refractivity contribution in [2.45, 2.75) is 0 Å². The minimum Gasteiger partial charge on any atom is -0.497 e. The van der Waals surface area contributed by atoms with Crippen LogP contribution in [0, 0.1) is 0 Å². The van der Waals surface area contributed by atoms with E-state index in [0.29, 0.717) is 5.95 Å². The van der Waals surface area contributed by atoms with Crippen LogP contribution >= 0.6 is 0 Å². The third-order valence-electron chi connectivity index (χ3n) is 3.31. The molecule has 2 heterocycles. The third kappa shape index (κ3) is 2.10. The molecule has 0 bridgehead atoms. The number of anilines is 2. The predicted octanol–water partition coefficient (Wildman–Crippen LogP) is 3.04. The molecule has 0 fully saturated rings. The van der Waals surface area contributed by atoms with E-state index in [-0.39, 0.29) is 6.79 Å². The molecular weight excluding hydrogens is 270 g/mol. The van der Waals surface area contributed by atoms with Crippen molar-refractivity contribution in [1.82, 2.24) is 9.97 Å². The summed E-state index contributed by atoms with van der Waals surface area (Å²) in [7, 11) is 1.64. The average molecular weight is 283 g/mol. The number of hydrogen-bond donors (Lipinski definition) is 2. The maximum absolute atomic E-state index is 5.36. The number of rotatable bonds is 3. The lowest BCUT2D eigenvalue weighted by Gasteiger charge is -2.04. The number of nitrogens with one attached hydrogen (secondary N) is 2. The highest BCUT2D eigenvalue weighted by Gasteiger charge is 2.16. The SMILES string of the molecule is COc1cccc(Nc2nc3cc4c(cc3[nH]2)OCO4)c1. The molecule has 0 unspecified atom stereocenters. The Balaban J connectivity index is 1.67. The largest absolute Gasteiger partial charge is 0.497 e. The Kier molecular flexibility index (Phi) is 2.60. The number of aromatic nitrogens is 2. The van der Waals surface area contributed by atoms with Crippen molar-refractivity contribution >= 4 is 22.7 Å². The first-order chi connectivity index (χ1) is 10.3. The number of benzene rings is 2. The average Bonchev–Trinajstić information content (AvgIpc) is 3.09. The van der Waals surface area contributed by atoms with Gasteiger partial charge >= 0.3 is 0 Å². The van der Waals surface area contributed by atoms with Crippen LogP contribution < -0.4 is 19.5 Å². The third-order valence-corrected chi connectivity index (χ3v) is 3.31. The summed E-state index contributed by atoms with van der Waals surface area (Å²) >= 11 is 0. The van der Waals surface area contributed by atoms with Crippen LogP contribution in [0.2, 0.25) is 0 Å². The van der Waals surface area contributed by atoms with E-state index in [4.69, 9.17) is 14.2 Å². The molecule has 6 heteroatoms. The van der Waals surface area contributed by atoms with Crippen LogP contribution in [0.1, 0.15) is 0 Å². The Labute approximate surface area is 120 Å².